The molecule has 0 fully saturated rings. The molecule has 2 aromatic rings. The summed E-state index contributed by atoms with van der Waals surface area (Å²) in [5, 5.41) is 12.6. The van der Waals surface area contributed by atoms with Crippen molar-refractivity contribution in [1.82, 2.24) is 0 Å². The van der Waals surface area contributed by atoms with Gasteiger partial charge >= 0.3 is 0 Å². The van der Waals surface area contributed by atoms with Gasteiger partial charge in [0.2, 0.25) is 0 Å². The van der Waals surface area contributed by atoms with Gasteiger partial charge in [0, 0.05) is 16.2 Å². The summed E-state index contributed by atoms with van der Waals surface area (Å²) in [5.41, 5.74) is 2.20. The van der Waals surface area contributed by atoms with Gasteiger partial charge in [-0.3, -0.25) is 0 Å². The van der Waals surface area contributed by atoms with Gasteiger partial charge in [-0.1, -0.05) is 34.1 Å². The van der Waals surface area contributed by atoms with Crippen molar-refractivity contribution in [1.29, 1.82) is 0 Å². The van der Waals surface area contributed by atoms with E-state index in [4.69, 9.17) is 0 Å². The highest BCUT2D eigenvalue weighted by molar-refractivity contribution is 9.10. The molecule has 2 nitrogen and oxygen atoms in total. The van der Waals surface area contributed by atoms with Crippen LogP contribution in [0.25, 0.3) is 0 Å². The maximum Gasteiger partial charge on any atom is 0.115 e. The van der Waals surface area contributed by atoms with Crippen LogP contribution in [0.5, 0.6) is 5.75 Å². The largest absolute Gasteiger partial charge is 0.508 e. The smallest absolute Gasteiger partial charge is 0.115 e. The molecule has 0 heterocycles. The van der Waals surface area contributed by atoms with Gasteiger partial charge in [0.05, 0.1) is 0 Å². The van der Waals surface area contributed by atoms with Crippen molar-refractivity contribution in [3.63, 3.8) is 0 Å². The third-order valence-corrected chi connectivity index (χ3v) is 3.34. The van der Waals surface area contributed by atoms with E-state index in [2.05, 4.69) is 34.2 Å². The Hall–Kier alpha value is -1.48. The molecule has 0 saturated heterocycles. The molecular weight excluding hydrogens is 278 g/mol. The molecule has 2 N–H and O–H groups in total. The zero-order valence-corrected chi connectivity index (χ0v) is 11.1. The number of hydrogen-bond acceptors (Lipinski definition) is 2. The summed E-state index contributed by atoms with van der Waals surface area (Å²) in [6, 6.07) is 15.4. The summed E-state index contributed by atoms with van der Waals surface area (Å²) in [4.78, 5) is 0. The summed E-state index contributed by atoms with van der Waals surface area (Å²) in [5.74, 6) is 0.282. The number of phenols is 1. The van der Waals surface area contributed by atoms with Crippen LogP contribution < -0.4 is 5.32 Å². The average Bonchev–Trinajstić information content (AvgIpc) is 2.32. The molecule has 0 radical (unpaired) electrons. The Kier molecular flexibility index (Phi) is 3.69. The minimum atomic E-state index is 0.204. The van der Waals surface area contributed by atoms with Gasteiger partial charge < -0.3 is 10.4 Å². The van der Waals surface area contributed by atoms with E-state index in [1.807, 2.05) is 30.3 Å². The summed E-state index contributed by atoms with van der Waals surface area (Å²) in [6.07, 6.45) is 0. The summed E-state index contributed by atoms with van der Waals surface area (Å²) in [7, 11) is 0. The zero-order chi connectivity index (χ0) is 12.3. The number of aromatic hydroxyl groups is 1. The van der Waals surface area contributed by atoms with Crippen LogP contribution in [-0.4, -0.2) is 5.11 Å². The molecule has 2 rings (SSSR count). The molecule has 0 bridgehead atoms. The molecule has 0 spiro atoms. The van der Waals surface area contributed by atoms with Crippen molar-refractivity contribution in [2.75, 3.05) is 5.32 Å². The monoisotopic (exact) mass is 291 g/mol. The number of nitrogens with one attached hydrogen (secondary N) is 1. The molecule has 0 aliphatic heterocycles. The van der Waals surface area contributed by atoms with Crippen LogP contribution in [0.15, 0.2) is 53.0 Å². The number of phenolic OH excluding ortho intramolecular Hbond substituents is 1. The first kappa shape index (κ1) is 12.0. The van der Waals surface area contributed by atoms with Crippen LogP contribution in [0.1, 0.15) is 18.5 Å². The Bertz CT molecular complexity index is 496. The van der Waals surface area contributed by atoms with Crippen LogP contribution in [0.2, 0.25) is 0 Å². The Morgan fingerprint density at radius 1 is 1.06 bits per heavy atom. The van der Waals surface area contributed by atoms with Crippen molar-refractivity contribution < 1.29 is 5.11 Å². The van der Waals surface area contributed by atoms with Crippen molar-refractivity contribution in [2.24, 2.45) is 0 Å². The summed E-state index contributed by atoms with van der Waals surface area (Å²) >= 11 is 3.54. The Labute approximate surface area is 109 Å². The predicted octanol–water partition coefficient (Wildman–Crippen LogP) is 4.33. The average molecular weight is 292 g/mol. The normalized spacial score (nSPS) is 12.1. The first-order valence-electron chi connectivity index (χ1n) is 5.47. The lowest BCUT2D eigenvalue weighted by atomic mass is 10.1. The summed E-state index contributed by atoms with van der Waals surface area (Å²) in [6.45, 7) is 2.10. The molecule has 0 saturated carbocycles. The SMILES string of the molecule is CC(Nc1ccc(O)cc1)c1ccccc1Br. The van der Waals surface area contributed by atoms with E-state index in [1.165, 1.54) is 5.56 Å². The molecule has 88 valence electrons. The number of hydrogen-bond donors (Lipinski definition) is 2. The fraction of sp³-hybridized carbons (Fsp3) is 0.143. The van der Waals surface area contributed by atoms with Gasteiger partial charge in [0.1, 0.15) is 5.75 Å². The lowest BCUT2D eigenvalue weighted by Crippen LogP contribution is -2.06. The van der Waals surface area contributed by atoms with Crippen molar-refractivity contribution in [2.45, 2.75) is 13.0 Å². The standard InChI is InChI=1S/C14H14BrNO/c1-10(13-4-2-3-5-14(13)15)16-11-6-8-12(17)9-7-11/h2-10,16-17H,1H3. The van der Waals surface area contributed by atoms with E-state index < -0.39 is 0 Å². The van der Waals surface area contributed by atoms with Gasteiger partial charge in [-0.2, -0.15) is 0 Å². The van der Waals surface area contributed by atoms with E-state index in [0.29, 0.717) is 0 Å². The molecule has 1 unspecified atom stereocenters. The number of benzene rings is 2. The maximum atomic E-state index is 9.22. The van der Waals surface area contributed by atoms with E-state index in [9.17, 15) is 5.11 Å². The predicted molar refractivity (Wildman–Crippen MR) is 74.3 cm³/mol. The van der Waals surface area contributed by atoms with Crippen molar-refractivity contribution >= 4 is 21.6 Å². The fourth-order valence-electron chi connectivity index (χ4n) is 1.71. The minimum absolute atomic E-state index is 0.204. The Morgan fingerprint density at radius 2 is 1.71 bits per heavy atom. The second-order valence-corrected chi connectivity index (χ2v) is 4.79. The molecule has 2 aromatic carbocycles. The van der Waals surface area contributed by atoms with Gasteiger partial charge in [-0.05, 0) is 42.8 Å². The van der Waals surface area contributed by atoms with Crippen LogP contribution in [0.3, 0.4) is 0 Å². The first-order valence-corrected chi connectivity index (χ1v) is 6.26. The van der Waals surface area contributed by atoms with E-state index >= 15 is 0 Å². The molecule has 0 amide bonds. The highest BCUT2D eigenvalue weighted by atomic mass is 79.9. The van der Waals surface area contributed by atoms with E-state index in [0.717, 1.165) is 10.2 Å². The zero-order valence-electron chi connectivity index (χ0n) is 9.52. The number of anilines is 1. The van der Waals surface area contributed by atoms with Crippen molar-refractivity contribution in [3.05, 3.63) is 58.6 Å². The highest BCUT2D eigenvalue weighted by Crippen LogP contribution is 2.26. The highest BCUT2D eigenvalue weighted by Gasteiger charge is 2.08. The van der Waals surface area contributed by atoms with Crippen LogP contribution in [0, 0.1) is 0 Å². The molecular formula is C14H14BrNO. The lowest BCUT2D eigenvalue weighted by molar-refractivity contribution is 0.475. The van der Waals surface area contributed by atoms with E-state index in [1.54, 1.807) is 12.1 Å². The van der Waals surface area contributed by atoms with Gasteiger partial charge in [0.25, 0.3) is 0 Å². The number of halogens is 1. The van der Waals surface area contributed by atoms with Gasteiger partial charge in [-0.25, -0.2) is 0 Å². The molecule has 0 aromatic heterocycles. The second kappa shape index (κ2) is 5.23. The Balaban J connectivity index is 2.14. The van der Waals surface area contributed by atoms with Crippen LogP contribution >= 0.6 is 15.9 Å². The molecule has 1 atom stereocenters. The summed E-state index contributed by atoms with van der Waals surface area (Å²) < 4.78 is 1.10. The van der Waals surface area contributed by atoms with E-state index in [-0.39, 0.29) is 11.8 Å². The van der Waals surface area contributed by atoms with Gasteiger partial charge in [0.15, 0.2) is 0 Å². The third-order valence-electron chi connectivity index (χ3n) is 2.62. The topological polar surface area (TPSA) is 32.3 Å². The Morgan fingerprint density at radius 3 is 2.35 bits per heavy atom. The molecule has 3 heteroatoms. The van der Waals surface area contributed by atoms with Gasteiger partial charge in [-0.15, -0.1) is 0 Å². The van der Waals surface area contributed by atoms with Crippen LogP contribution in [0.4, 0.5) is 5.69 Å². The fourth-order valence-corrected chi connectivity index (χ4v) is 2.34. The first-order chi connectivity index (χ1) is 8.16. The lowest BCUT2D eigenvalue weighted by Gasteiger charge is -2.17. The van der Waals surface area contributed by atoms with Crippen LogP contribution in [-0.2, 0) is 0 Å². The molecule has 17 heavy (non-hydrogen) atoms. The quantitative estimate of drug-likeness (QED) is 0.825. The molecule has 0 aliphatic carbocycles. The maximum absolute atomic E-state index is 9.22. The van der Waals surface area contributed by atoms with Crippen molar-refractivity contribution in [3.8, 4) is 5.75 Å². The third kappa shape index (κ3) is 3.01. The minimum Gasteiger partial charge on any atom is -0.508 e. The molecule has 0 aliphatic rings. The second-order valence-electron chi connectivity index (χ2n) is 3.93. The number of rotatable bonds is 3.